The highest BCUT2D eigenvalue weighted by atomic mass is 16.5. The molecule has 0 bridgehead atoms. The minimum atomic E-state index is -0.171. The fourth-order valence-corrected chi connectivity index (χ4v) is 8.91. The Morgan fingerprint density at radius 2 is 1.86 bits per heavy atom. The first-order valence-electron chi connectivity index (χ1n) is 15.3. The second-order valence-electron chi connectivity index (χ2n) is 12.8. The van der Waals surface area contributed by atoms with Gasteiger partial charge in [0.15, 0.2) is 5.78 Å². The lowest BCUT2D eigenvalue weighted by Crippen LogP contribution is -2.70. The molecule has 204 valence electrons. The number of ketones is 1. The van der Waals surface area contributed by atoms with E-state index in [4.69, 9.17) is 4.74 Å². The monoisotopic (exact) mass is 511 g/mol. The third-order valence-electron chi connectivity index (χ3n) is 10.8. The van der Waals surface area contributed by atoms with Crippen LogP contribution in [0.2, 0.25) is 0 Å². The predicted octanol–water partition coefficient (Wildman–Crippen LogP) is 1.51. The number of likely N-dealkylation sites (tertiary alicyclic amines) is 2. The van der Waals surface area contributed by atoms with E-state index in [0.29, 0.717) is 30.2 Å². The van der Waals surface area contributed by atoms with Gasteiger partial charge >= 0.3 is 0 Å². The summed E-state index contributed by atoms with van der Waals surface area (Å²) in [5.74, 6) is 0.502. The Morgan fingerprint density at radius 1 is 1.00 bits per heavy atom. The molecule has 8 unspecified atom stereocenters. The van der Waals surface area contributed by atoms with E-state index in [1.807, 2.05) is 6.20 Å². The van der Waals surface area contributed by atoms with E-state index in [2.05, 4.69) is 25.3 Å². The van der Waals surface area contributed by atoms with Crippen LogP contribution in [0.1, 0.15) is 64.2 Å². The van der Waals surface area contributed by atoms with E-state index >= 15 is 0 Å². The topological polar surface area (TPSA) is 77.2 Å². The van der Waals surface area contributed by atoms with E-state index in [1.165, 1.54) is 38.5 Å². The van der Waals surface area contributed by atoms with Crippen LogP contribution >= 0.6 is 0 Å². The summed E-state index contributed by atoms with van der Waals surface area (Å²) in [6.07, 6.45) is 13.8. The molecule has 2 N–H and O–H groups in total. The molecule has 2 aliphatic carbocycles. The summed E-state index contributed by atoms with van der Waals surface area (Å²) in [6, 6.07) is 1.34. The second kappa shape index (κ2) is 10.2. The van der Waals surface area contributed by atoms with Gasteiger partial charge < -0.3 is 25.2 Å². The lowest BCUT2D eigenvalue weighted by atomic mass is 9.70. The van der Waals surface area contributed by atoms with Gasteiger partial charge in [0.25, 0.3) is 5.91 Å². The zero-order valence-electron chi connectivity index (χ0n) is 22.3. The van der Waals surface area contributed by atoms with Gasteiger partial charge in [0.2, 0.25) is 0 Å². The van der Waals surface area contributed by atoms with Gasteiger partial charge in [0, 0.05) is 50.4 Å². The van der Waals surface area contributed by atoms with E-state index in [0.717, 1.165) is 70.9 Å². The highest BCUT2D eigenvalue weighted by Gasteiger charge is 2.57. The summed E-state index contributed by atoms with van der Waals surface area (Å²) >= 11 is 0. The van der Waals surface area contributed by atoms with Gasteiger partial charge in [0.1, 0.15) is 0 Å². The van der Waals surface area contributed by atoms with Crippen molar-refractivity contribution >= 4 is 11.7 Å². The van der Waals surface area contributed by atoms with Crippen molar-refractivity contribution in [2.75, 3.05) is 45.8 Å². The summed E-state index contributed by atoms with van der Waals surface area (Å²) in [5.41, 5.74) is 0.391. The Balaban J connectivity index is 1.12. The lowest BCUT2D eigenvalue weighted by Gasteiger charge is -2.59. The Hall–Kier alpha value is -1.48. The number of nitrogens with zero attached hydrogens (tertiary/aromatic N) is 3. The van der Waals surface area contributed by atoms with Crippen molar-refractivity contribution in [3.8, 4) is 0 Å². The van der Waals surface area contributed by atoms with E-state index < -0.39 is 0 Å². The number of Topliss-reactive ketones (excluding diaryl/α,β-unsaturated/α-hetero) is 1. The average molecular weight is 512 g/mol. The van der Waals surface area contributed by atoms with E-state index in [9.17, 15) is 9.59 Å². The number of hydrogen-bond donors (Lipinski definition) is 2. The average Bonchev–Trinajstić information content (AvgIpc) is 3.60. The van der Waals surface area contributed by atoms with Crippen LogP contribution in [0.25, 0.3) is 0 Å². The summed E-state index contributed by atoms with van der Waals surface area (Å²) in [6.45, 7) is 7.13. The zero-order chi connectivity index (χ0) is 24.9. The molecule has 0 radical (unpaired) electrons. The van der Waals surface area contributed by atoms with Crippen molar-refractivity contribution in [2.24, 2.45) is 11.8 Å². The molecular formula is C29H45N5O3. The molecule has 37 heavy (non-hydrogen) atoms. The minimum Gasteiger partial charge on any atom is -0.369 e. The molecule has 5 heterocycles. The Morgan fingerprint density at radius 3 is 2.73 bits per heavy atom. The number of rotatable bonds is 5. The molecule has 8 atom stereocenters. The molecule has 1 amide bonds. The summed E-state index contributed by atoms with van der Waals surface area (Å²) in [7, 11) is 0. The molecule has 5 aliphatic heterocycles. The van der Waals surface area contributed by atoms with E-state index in [-0.39, 0.29) is 35.9 Å². The first-order valence-corrected chi connectivity index (χ1v) is 15.3. The maximum absolute atomic E-state index is 13.8. The fourth-order valence-electron chi connectivity index (χ4n) is 8.91. The van der Waals surface area contributed by atoms with Crippen molar-refractivity contribution in [3.63, 3.8) is 0 Å². The molecule has 8 nitrogen and oxygen atoms in total. The molecule has 4 saturated heterocycles. The number of piperidine rings is 1. The quantitative estimate of drug-likeness (QED) is 0.542. The van der Waals surface area contributed by atoms with Crippen LogP contribution in [-0.4, -0.2) is 109 Å². The molecular weight excluding hydrogens is 466 g/mol. The summed E-state index contributed by atoms with van der Waals surface area (Å²) in [5, 5.41) is 6.85. The van der Waals surface area contributed by atoms with Crippen LogP contribution in [0.4, 0.5) is 0 Å². The third kappa shape index (κ3) is 4.46. The standard InChI is InChI=1S/C29H45N5O3/c35-27-20-9-10-24(33-16-19-6-5-11-30-22(19)18-33)28-26(20)34(23-7-1-2-8-25(23)37-28)17-21(27)29(36)31-12-15-32-13-3-4-14-32/h17,19-20,22-26,28,30H,1-16,18H2,(H,31,36). The SMILES string of the molecule is O=C(NCCN1CCCC1)C1=CN2C3CCCCC3OC3C(N4CC5CCCNC5C4)CCC(C1=O)C32. The highest BCUT2D eigenvalue weighted by Crippen LogP contribution is 2.46. The van der Waals surface area contributed by atoms with Gasteiger partial charge in [-0.1, -0.05) is 12.8 Å². The van der Waals surface area contributed by atoms with Crippen molar-refractivity contribution in [1.82, 2.24) is 25.3 Å². The molecule has 7 rings (SSSR count). The van der Waals surface area contributed by atoms with Crippen LogP contribution in [-0.2, 0) is 14.3 Å². The predicted molar refractivity (Wildman–Crippen MR) is 141 cm³/mol. The van der Waals surface area contributed by atoms with Crippen molar-refractivity contribution in [2.45, 2.75) is 101 Å². The van der Waals surface area contributed by atoms with Gasteiger partial charge in [-0.3, -0.25) is 14.5 Å². The Labute approximate surface area is 221 Å². The number of carbonyl (C=O) groups is 2. The number of ether oxygens (including phenoxy) is 1. The van der Waals surface area contributed by atoms with Crippen LogP contribution in [0, 0.1) is 11.8 Å². The molecule has 0 aromatic rings. The van der Waals surface area contributed by atoms with Gasteiger partial charge in [-0.25, -0.2) is 0 Å². The molecule has 7 aliphatic rings. The molecule has 0 aromatic carbocycles. The van der Waals surface area contributed by atoms with Gasteiger partial charge in [-0.15, -0.1) is 0 Å². The minimum absolute atomic E-state index is 0.0537. The summed E-state index contributed by atoms with van der Waals surface area (Å²) < 4.78 is 6.98. The number of carbonyl (C=O) groups excluding carboxylic acids is 2. The van der Waals surface area contributed by atoms with Crippen molar-refractivity contribution in [3.05, 3.63) is 11.8 Å². The fraction of sp³-hybridized carbons (Fsp3) is 0.862. The molecule has 0 spiro atoms. The zero-order valence-corrected chi connectivity index (χ0v) is 22.3. The number of nitrogens with one attached hydrogen (secondary N) is 2. The Bertz CT molecular complexity index is 905. The maximum Gasteiger partial charge on any atom is 0.256 e. The summed E-state index contributed by atoms with van der Waals surface area (Å²) in [4.78, 5) is 34.7. The second-order valence-corrected chi connectivity index (χ2v) is 12.8. The molecule has 8 heteroatoms. The smallest absolute Gasteiger partial charge is 0.256 e. The molecule has 0 aromatic heterocycles. The largest absolute Gasteiger partial charge is 0.369 e. The number of hydrogen-bond acceptors (Lipinski definition) is 7. The first-order chi connectivity index (χ1) is 18.2. The highest BCUT2D eigenvalue weighted by molar-refractivity contribution is 6.20. The van der Waals surface area contributed by atoms with Gasteiger partial charge in [-0.2, -0.15) is 0 Å². The van der Waals surface area contributed by atoms with Crippen LogP contribution < -0.4 is 10.6 Å². The van der Waals surface area contributed by atoms with Crippen molar-refractivity contribution < 1.29 is 14.3 Å². The van der Waals surface area contributed by atoms with Gasteiger partial charge in [-0.05, 0) is 76.9 Å². The molecule has 6 fully saturated rings. The van der Waals surface area contributed by atoms with Crippen molar-refractivity contribution in [1.29, 1.82) is 0 Å². The lowest BCUT2D eigenvalue weighted by molar-refractivity contribution is -0.199. The maximum atomic E-state index is 13.8. The number of morpholine rings is 1. The first kappa shape index (κ1) is 24.6. The molecule has 2 saturated carbocycles. The normalized spacial score (nSPS) is 42.1. The number of fused-ring (bicyclic) bond motifs is 3. The Kier molecular flexibility index (Phi) is 6.80. The number of amides is 1. The van der Waals surface area contributed by atoms with Crippen LogP contribution in [0.15, 0.2) is 11.8 Å². The van der Waals surface area contributed by atoms with Gasteiger partial charge in [0.05, 0.1) is 29.9 Å². The van der Waals surface area contributed by atoms with Crippen LogP contribution in [0.5, 0.6) is 0 Å². The van der Waals surface area contributed by atoms with Crippen LogP contribution in [0.3, 0.4) is 0 Å². The third-order valence-corrected chi connectivity index (χ3v) is 10.8. The van der Waals surface area contributed by atoms with E-state index in [1.54, 1.807) is 0 Å².